The zero-order chi connectivity index (χ0) is 13.5. The molecule has 1 aliphatic rings. The molecule has 1 aromatic rings. The highest BCUT2D eigenvalue weighted by atomic mass is 16.5. The predicted molar refractivity (Wildman–Crippen MR) is 76.1 cm³/mol. The molecule has 1 aromatic heterocycles. The van der Waals surface area contributed by atoms with Crippen molar-refractivity contribution in [3.05, 3.63) is 24.2 Å². The third-order valence-corrected chi connectivity index (χ3v) is 3.88. The molecule has 0 aliphatic carbocycles. The molecule has 0 spiro atoms. The molecule has 0 amide bonds. The van der Waals surface area contributed by atoms with Gasteiger partial charge >= 0.3 is 0 Å². The number of nitrogens with two attached hydrogens (primary N) is 1. The van der Waals surface area contributed by atoms with Gasteiger partial charge in [-0.2, -0.15) is 0 Å². The van der Waals surface area contributed by atoms with E-state index < -0.39 is 0 Å². The Morgan fingerprint density at radius 2 is 2.26 bits per heavy atom. The fraction of sp³-hybridized carbons (Fsp3) is 0.733. The molecule has 1 unspecified atom stereocenters. The van der Waals surface area contributed by atoms with Crippen molar-refractivity contribution in [2.45, 2.75) is 44.8 Å². The van der Waals surface area contributed by atoms with Crippen molar-refractivity contribution in [3.63, 3.8) is 0 Å². The van der Waals surface area contributed by atoms with Crippen molar-refractivity contribution >= 4 is 0 Å². The van der Waals surface area contributed by atoms with Gasteiger partial charge in [0, 0.05) is 32.2 Å². The van der Waals surface area contributed by atoms with E-state index >= 15 is 0 Å². The molecule has 2 N–H and O–H groups in total. The normalized spacial score (nSPS) is 19.7. The van der Waals surface area contributed by atoms with Crippen molar-refractivity contribution in [1.29, 1.82) is 0 Å². The number of piperidine rings is 1. The van der Waals surface area contributed by atoms with Gasteiger partial charge in [-0.05, 0) is 44.9 Å². The minimum Gasteiger partial charge on any atom is -0.469 e. The van der Waals surface area contributed by atoms with Crippen LogP contribution in [0.4, 0.5) is 0 Å². The first-order valence-electron chi connectivity index (χ1n) is 7.37. The lowest BCUT2D eigenvalue weighted by Crippen LogP contribution is -2.43. The van der Waals surface area contributed by atoms with Crippen LogP contribution in [0.5, 0.6) is 0 Å². The molecule has 0 radical (unpaired) electrons. The smallest absolute Gasteiger partial charge is 0.105 e. The average molecular weight is 266 g/mol. The Morgan fingerprint density at radius 3 is 2.89 bits per heavy atom. The number of likely N-dealkylation sites (tertiary alicyclic amines) is 1. The lowest BCUT2D eigenvalue weighted by atomic mass is 10.0. The Morgan fingerprint density at radius 1 is 1.47 bits per heavy atom. The summed E-state index contributed by atoms with van der Waals surface area (Å²) in [5, 5.41) is 0. The number of furan rings is 1. The van der Waals surface area contributed by atoms with Crippen molar-refractivity contribution in [2.75, 3.05) is 26.2 Å². The highest BCUT2D eigenvalue weighted by molar-refractivity contribution is 5.00. The summed E-state index contributed by atoms with van der Waals surface area (Å²) in [7, 11) is 0. The largest absolute Gasteiger partial charge is 0.469 e. The molecule has 1 saturated heterocycles. The second kappa shape index (κ2) is 7.68. The standard InChI is InChI=1S/C15H26N2O2/c1-13(12-15-4-2-10-19-15)17-8-5-14(6-9-17)18-11-3-7-16/h2,4,10,13-14H,3,5-9,11-12,16H2,1H3. The fourth-order valence-electron chi connectivity index (χ4n) is 2.67. The summed E-state index contributed by atoms with van der Waals surface area (Å²) in [6, 6.07) is 4.55. The van der Waals surface area contributed by atoms with E-state index in [0.717, 1.165) is 57.7 Å². The maximum Gasteiger partial charge on any atom is 0.105 e. The van der Waals surface area contributed by atoms with E-state index in [9.17, 15) is 0 Å². The zero-order valence-electron chi connectivity index (χ0n) is 11.9. The van der Waals surface area contributed by atoms with E-state index in [-0.39, 0.29) is 0 Å². The van der Waals surface area contributed by atoms with Gasteiger partial charge in [0.25, 0.3) is 0 Å². The summed E-state index contributed by atoms with van der Waals surface area (Å²) in [6.07, 6.45) is 6.40. The Bertz CT molecular complexity index is 332. The number of hydrogen-bond acceptors (Lipinski definition) is 4. The van der Waals surface area contributed by atoms with Gasteiger partial charge < -0.3 is 19.8 Å². The lowest BCUT2D eigenvalue weighted by Gasteiger charge is -2.35. The highest BCUT2D eigenvalue weighted by Crippen LogP contribution is 2.18. The molecule has 4 nitrogen and oxygen atoms in total. The van der Waals surface area contributed by atoms with Crippen LogP contribution in [-0.2, 0) is 11.2 Å². The van der Waals surface area contributed by atoms with E-state index in [0.29, 0.717) is 12.1 Å². The summed E-state index contributed by atoms with van der Waals surface area (Å²) in [6.45, 7) is 6.05. The lowest BCUT2D eigenvalue weighted by molar-refractivity contribution is -0.000796. The number of rotatable bonds is 7. The molecule has 1 atom stereocenters. The molecule has 0 bridgehead atoms. The minimum absolute atomic E-state index is 0.429. The van der Waals surface area contributed by atoms with Gasteiger partial charge in [0.1, 0.15) is 5.76 Å². The molecule has 108 valence electrons. The van der Waals surface area contributed by atoms with Crippen molar-refractivity contribution in [3.8, 4) is 0 Å². The quantitative estimate of drug-likeness (QED) is 0.767. The molecule has 2 heterocycles. The monoisotopic (exact) mass is 266 g/mol. The summed E-state index contributed by atoms with van der Waals surface area (Å²) < 4.78 is 11.3. The van der Waals surface area contributed by atoms with Crippen molar-refractivity contribution in [1.82, 2.24) is 4.90 Å². The molecule has 0 saturated carbocycles. The first-order chi connectivity index (χ1) is 9.29. The average Bonchev–Trinajstić information content (AvgIpc) is 2.93. The van der Waals surface area contributed by atoms with E-state index in [1.54, 1.807) is 6.26 Å². The molecule has 4 heteroatoms. The Hall–Kier alpha value is -0.840. The van der Waals surface area contributed by atoms with Crippen molar-refractivity contribution < 1.29 is 9.15 Å². The maximum absolute atomic E-state index is 5.83. The van der Waals surface area contributed by atoms with Gasteiger partial charge in [-0.15, -0.1) is 0 Å². The van der Waals surface area contributed by atoms with E-state index in [1.165, 1.54) is 0 Å². The van der Waals surface area contributed by atoms with Gasteiger partial charge in [-0.3, -0.25) is 0 Å². The molecule has 1 aliphatic heterocycles. The summed E-state index contributed by atoms with van der Waals surface area (Å²) >= 11 is 0. The van der Waals surface area contributed by atoms with Crippen molar-refractivity contribution in [2.24, 2.45) is 5.73 Å². The Balaban J connectivity index is 1.67. The summed E-state index contributed by atoms with van der Waals surface area (Å²) in [5.74, 6) is 1.08. The van der Waals surface area contributed by atoms with E-state index in [1.807, 2.05) is 6.07 Å². The van der Waals surface area contributed by atoms with Crippen LogP contribution in [0.15, 0.2) is 22.8 Å². The number of ether oxygens (including phenoxy) is 1. The minimum atomic E-state index is 0.429. The first-order valence-corrected chi connectivity index (χ1v) is 7.37. The summed E-state index contributed by atoms with van der Waals surface area (Å²) in [4.78, 5) is 2.53. The van der Waals surface area contributed by atoms with Gasteiger partial charge in [-0.1, -0.05) is 0 Å². The van der Waals surface area contributed by atoms with Gasteiger partial charge in [0.2, 0.25) is 0 Å². The molecule has 0 aromatic carbocycles. The van der Waals surface area contributed by atoms with Crippen LogP contribution in [0, 0.1) is 0 Å². The topological polar surface area (TPSA) is 51.6 Å². The SMILES string of the molecule is CC(Cc1ccco1)N1CCC(OCCCN)CC1. The van der Waals surface area contributed by atoms with Crippen LogP contribution >= 0.6 is 0 Å². The Labute approximate surface area is 115 Å². The van der Waals surface area contributed by atoms with Crippen LogP contribution in [-0.4, -0.2) is 43.3 Å². The molecule has 19 heavy (non-hydrogen) atoms. The highest BCUT2D eigenvalue weighted by Gasteiger charge is 2.23. The molecular formula is C15H26N2O2. The zero-order valence-corrected chi connectivity index (χ0v) is 11.9. The van der Waals surface area contributed by atoms with Crippen LogP contribution in [0.25, 0.3) is 0 Å². The van der Waals surface area contributed by atoms with Crippen LogP contribution < -0.4 is 5.73 Å². The number of hydrogen-bond donors (Lipinski definition) is 1. The predicted octanol–water partition coefficient (Wildman–Crippen LogP) is 2.04. The summed E-state index contributed by atoms with van der Waals surface area (Å²) in [5.41, 5.74) is 5.47. The number of nitrogens with zero attached hydrogens (tertiary/aromatic N) is 1. The third-order valence-electron chi connectivity index (χ3n) is 3.88. The van der Waals surface area contributed by atoms with Gasteiger partial charge in [0.05, 0.1) is 12.4 Å². The van der Waals surface area contributed by atoms with Crippen LogP contribution in [0.1, 0.15) is 31.9 Å². The Kier molecular flexibility index (Phi) is 5.89. The van der Waals surface area contributed by atoms with E-state index in [2.05, 4.69) is 17.9 Å². The van der Waals surface area contributed by atoms with E-state index in [4.69, 9.17) is 14.9 Å². The first kappa shape index (κ1) is 14.6. The maximum atomic E-state index is 5.83. The van der Waals surface area contributed by atoms with Gasteiger partial charge in [-0.25, -0.2) is 0 Å². The van der Waals surface area contributed by atoms with Crippen LogP contribution in [0.2, 0.25) is 0 Å². The second-order valence-corrected chi connectivity index (χ2v) is 5.38. The third kappa shape index (κ3) is 4.64. The molecule has 1 fully saturated rings. The van der Waals surface area contributed by atoms with Crippen LogP contribution in [0.3, 0.4) is 0 Å². The molecular weight excluding hydrogens is 240 g/mol. The molecule has 2 rings (SSSR count). The second-order valence-electron chi connectivity index (χ2n) is 5.38. The fourth-order valence-corrected chi connectivity index (χ4v) is 2.67. The van der Waals surface area contributed by atoms with Gasteiger partial charge in [0.15, 0.2) is 0 Å².